The van der Waals surface area contributed by atoms with Crippen molar-refractivity contribution in [1.82, 2.24) is 9.88 Å². The van der Waals surface area contributed by atoms with Crippen LogP contribution in [0.3, 0.4) is 0 Å². The maximum Gasteiger partial charge on any atom is 0.275 e. The molecule has 23 heavy (non-hydrogen) atoms. The molecule has 0 aliphatic carbocycles. The van der Waals surface area contributed by atoms with Crippen molar-refractivity contribution in [3.8, 4) is 11.5 Å². The maximum absolute atomic E-state index is 12.5. The Kier molecular flexibility index (Phi) is 4.09. The number of carbonyl (C=O) groups excluding carboxylic acids is 2. The first kappa shape index (κ1) is 15.6. The third kappa shape index (κ3) is 2.94. The molecule has 2 heterocycles. The minimum absolute atomic E-state index is 0.0337. The summed E-state index contributed by atoms with van der Waals surface area (Å²) in [5.74, 6) is -0.662. The van der Waals surface area contributed by atoms with Crippen LogP contribution in [-0.4, -0.2) is 34.8 Å². The lowest BCUT2D eigenvalue weighted by molar-refractivity contribution is -0.122. The van der Waals surface area contributed by atoms with Gasteiger partial charge in [-0.15, -0.1) is 0 Å². The molecular formula is C16H16ClN3O3. The Balaban J connectivity index is 1.80. The van der Waals surface area contributed by atoms with Crippen LogP contribution in [0.15, 0.2) is 34.9 Å². The zero-order valence-corrected chi connectivity index (χ0v) is 13.3. The molecule has 1 saturated heterocycles. The summed E-state index contributed by atoms with van der Waals surface area (Å²) >= 11 is 6.10. The van der Waals surface area contributed by atoms with Gasteiger partial charge >= 0.3 is 0 Å². The van der Waals surface area contributed by atoms with Crippen molar-refractivity contribution >= 4 is 23.4 Å². The molecule has 0 saturated carbocycles. The SMILES string of the molecule is C[C@@H]1CN(C(=O)c2coc(-c3ccccc3Cl)n2)C[C@H]1C(N)=O. The minimum Gasteiger partial charge on any atom is -0.444 e. The molecule has 0 spiro atoms. The summed E-state index contributed by atoms with van der Waals surface area (Å²) in [5.41, 5.74) is 6.18. The molecule has 1 aromatic heterocycles. The Morgan fingerprint density at radius 1 is 1.35 bits per heavy atom. The van der Waals surface area contributed by atoms with E-state index in [-0.39, 0.29) is 35.2 Å². The molecular weight excluding hydrogens is 318 g/mol. The molecule has 2 N–H and O–H groups in total. The highest BCUT2D eigenvalue weighted by Gasteiger charge is 2.36. The molecule has 120 valence electrons. The monoisotopic (exact) mass is 333 g/mol. The van der Waals surface area contributed by atoms with E-state index in [1.54, 1.807) is 23.1 Å². The number of oxazole rings is 1. The van der Waals surface area contributed by atoms with Crippen LogP contribution in [-0.2, 0) is 4.79 Å². The van der Waals surface area contributed by atoms with Crippen LogP contribution in [0.1, 0.15) is 17.4 Å². The standard InChI is InChI=1S/C16H16ClN3O3/c1-9-6-20(7-11(9)14(18)21)16(22)13-8-23-15(19-13)10-4-2-3-5-12(10)17/h2-5,8-9,11H,6-7H2,1H3,(H2,18,21)/t9-,11-/m1/s1. The molecule has 1 fully saturated rings. The fourth-order valence-electron chi connectivity index (χ4n) is 2.80. The molecule has 0 bridgehead atoms. The lowest BCUT2D eigenvalue weighted by Gasteiger charge is -2.13. The van der Waals surface area contributed by atoms with Gasteiger partial charge in [0.1, 0.15) is 6.26 Å². The zero-order chi connectivity index (χ0) is 16.6. The number of primary amides is 1. The second kappa shape index (κ2) is 6.04. The maximum atomic E-state index is 12.5. The van der Waals surface area contributed by atoms with Crippen LogP contribution in [0.25, 0.3) is 11.5 Å². The number of halogens is 1. The van der Waals surface area contributed by atoms with E-state index >= 15 is 0 Å². The van der Waals surface area contributed by atoms with Crippen LogP contribution in [0.2, 0.25) is 5.02 Å². The predicted molar refractivity (Wildman–Crippen MR) is 84.7 cm³/mol. The van der Waals surface area contributed by atoms with E-state index in [9.17, 15) is 9.59 Å². The molecule has 2 amide bonds. The van der Waals surface area contributed by atoms with Crippen LogP contribution in [0, 0.1) is 11.8 Å². The summed E-state index contributed by atoms with van der Waals surface area (Å²) in [6, 6.07) is 7.11. The number of amides is 2. The first-order chi connectivity index (χ1) is 11.0. The molecule has 2 aromatic rings. The van der Waals surface area contributed by atoms with Crippen molar-refractivity contribution in [3.63, 3.8) is 0 Å². The number of hydrogen-bond acceptors (Lipinski definition) is 4. The van der Waals surface area contributed by atoms with Gasteiger partial charge in [0.25, 0.3) is 5.91 Å². The second-order valence-electron chi connectivity index (χ2n) is 5.71. The van der Waals surface area contributed by atoms with Gasteiger partial charge in [-0.05, 0) is 18.1 Å². The van der Waals surface area contributed by atoms with Crippen LogP contribution < -0.4 is 5.73 Å². The predicted octanol–water partition coefficient (Wildman–Crippen LogP) is 2.19. The van der Waals surface area contributed by atoms with Gasteiger partial charge in [-0.3, -0.25) is 9.59 Å². The minimum atomic E-state index is -0.385. The molecule has 1 aliphatic heterocycles. The quantitative estimate of drug-likeness (QED) is 0.932. The lowest BCUT2D eigenvalue weighted by Crippen LogP contribution is -2.32. The lowest BCUT2D eigenvalue weighted by atomic mass is 9.98. The van der Waals surface area contributed by atoms with Gasteiger partial charge in [-0.25, -0.2) is 4.98 Å². The largest absolute Gasteiger partial charge is 0.444 e. The fraction of sp³-hybridized carbons (Fsp3) is 0.312. The van der Waals surface area contributed by atoms with Crippen molar-refractivity contribution in [2.24, 2.45) is 17.6 Å². The Morgan fingerprint density at radius 2 is 2.09 bits per heavy atom. The Morgan fingerprint density at radius 3 is 2.74 bits per heavy atom. The Bertz CT molecular complexity index is 759. The van der Waals surface area contributed by atoms with E-state index < -0.39 is 0 Å². The summed E-state index contributed by atoms with van der Waals surface area (Å²) in [4.78, 5) is 29.7. The second-order valence-corrected chi connectivity index (χ2v) is 6.12. The molecule has 2 atom stereocenters. The number of benzene rings is 1. The van der Waals surface area contributed by atoms with Gasteiger partial charge < -0.3 is 15.1 Å². The summed E-state index contributed by atoms with van der Waals surface area (Å²) in [5, 5.41) is 0.497. The van der Waals surface area contributed by atoms with Crippen molar-refractivity contribution in [2.45, 2.75) is 6.92 Å². The third-order valence-corrected chi connectivity index (χ3v) is 4.42. The summed E-state index contributed by atoms with van der Waals surface area (Å²) < 4.78 is 5.38. The average Bonchev–Trinajstić information content (AvgIpc) is 3.14. The fourth-order valence-corrected chi connectivity index (χ4v) is 3.01. The first-order valence-corrected chi connectivity index (χ1v) is 7.64. The number of nitrogens with zero attached hydrogens (tertiary/aromatic N) is 2. The Labute approximate surface area is 138 Å². The van der Waals surface area contributed by atoms with E-state index in [0.717, 1.165) is 0 Å². The molecule has 1 aliphatic rings. The summed E-state index contributed by atoms with van der Waals surface area (Å²) in [6.45, 7) is 2.69. The van der Waals surface area contributed by atoms with Crippen molar-refractivity contribution < 1.29 is 14.0 Å². The van der Waals surface area contributed by atoms with Gasteiger partial charge in [0, 0.05) is 13.1 Å². The number of rotatable bonds is 3. The number of likely N-dealkylation sites (tertiary alicyclic amines) is 1. The zero-order valence-electron chi connectivity index (χ0n) is 12.5. The molecule has 7 heteroatoms. The molecule has 3 rings (SSSR count). The van der Waals surface area contributed by atoms with Crippen LogP contribution in [0.5, 0.6) is 0 Å². The van der Waals surface area contributed by atoms with E-state index in [4.69, 9.17) is 21.8 Å². The van der Waals surface area contributed by atoms with Crippen molar-refractivity contribution in [1.29, 1.82) is 0 Å². The highest BCUT2D eigenvalue weighted by molar-refractivity contribution is 6.33. The summed E-state index contributed by atoms with van der Waals surface area (Å²) in [6.07, 6.45) is 1.31. The normalized spacial score (nSPS) is 20.7. The highest BCUT2D eigenvalue weighted by atomic mass is 35.5. The first-order valence-electron chi connectivity index (χ1n) is 7.26. The number of aromatic nitrogens is 1. The smallest absolute Gasteiger partial charge is 0.275 e. The van der Waals surface area contributed by atoms with Gasteiger partial charge in [-0.1, -0.05) is 30.7 Å². The van der Waals surface area contributed by atoms with Gasteiger partial charge in [0.05, 0.1) is 16.5 Å². The van der Waals surface area contributed by atoms with Gasteiger partial charge in [0.15, 0.2) is 5.69 Å². The number of carbonyl (C=O) groups is 2. The average molecular weight is 334 g/mol. The molecule has 0 radical (unpaired) electrons. The van der Waals surface area contributed by atoms with Gasteiger partial charge in [-0.2, -0.15) is 0 Å². The van der Waals surface area contributed by atoms with E-state index in [1.807, 2.05) is 13.0 Å². The topological polar surface area (TPSA) is 89.4 Å². The number of nitrogens with two attached hydrogens (primary N) is 1. The molecule has 1 aromatic carbocycles. The third-order valence-electron chi connectivity index (χ3n) is 4.09. The molecule has 6 nitrogen and oxygen atoms in total. The van der Waals surface area contributed by atoms with Crippen molar-refractivity contribution in [2.75, 3.05) is 13.1 Å². The number of hydrogen-bond donors (Lipinski definition) is 1. The van der Waals surface area contributed by atoms with Crippen LogP contribution >= 0.6 is 11.6 Å². The van der Waals surface area contributed by atoms with Crippen LogP contribution in [0.4, 0.5) is 0 Å². The van der Waals surface area contributed by atoms with E-state index in [1.165, 1.54) is 6.26 Å². The van der Waals surface area contributed by atoms with Gasteiger partial charge in [0.2, 0.25) is 11.8 Å². The van der Waals surface area contributed by atoms with E-state index in [0.29, 0.717) is 23.7 Å². The molecule has 0 unspecified atom stereocenters. The van der Waals surface area contributed by atoms with E-state index in [2.05, 4.69) is 4.98 Å². The Hall–Kier alpha value is -2.34. The highest BCUT2D eigenvalue weighted by Crippen LogP contribution is 2.28. The summed E-state index contributed by atoms with van der Waals surface area (Å²) in [7, 11) is 0. The van der Waals surface area contributed by atoms with Crippen molar-refractivity contribution in [3.05, 3.63) is 41.2 Å².